The van der Waals surface area contributed by atoms with E-state index in [1.54, 1.807) is 16.2 Å². The highest BCUT2D eigenvalue weighted by atomic mass is 32.1. The van der Waals surface area contributed by atoms with Crippen molar-refractivity contribution in [2.45, 2.75) is 84.8 Å². The molecule has 0 aliphatic rings. The zero-order valence-electron chi connectivity index (χ0n) is 19.4. The lowest BCUT2D eigenvalue weighted by Crippen LogP contribution is -2.46. The van der Waals surface area contributed by atoms with Crippen LogP contribution in [0.15, 0.2) is 47.8 Å². The van der Waals surface area contributed by atoms with Crippen LogP contribution in [0.2, 0.25) is 0 Å². The fourth-order valence-corrected chi connectivity index (χ4v) is 4.33. The van der Waals surface area contributed by atoms with Gasteiger partial charge in [0.1, 0.15) is 6.54 Å². The largest absolute Gasteiger partial charge is 0.332 e. The number of unbranched alkanes of at least 4 members (excludes halogenated alkanes) is 4. The van der Waals surface area contributed by atoms with E-state index in [1.807, 2.05) is 53.6 Å². The Morgan fingerprint density at radius 1 is 0.903 bits per heavy atom. The van der Waals surface area contributed by atoms with Crippen molar-refractivity contribution in [1.29, 1.82) is 0 Å². The molecule has 0 aliphatic heterocycles. The Balaban J connectivity index is 2.05. The van der Waals surface area contributed by atoms with Crippen molar-refractivity contribution >= 4 is 23.2 Å². The van der Waals surface area contributed by atoms with Crippen molar-refractivity contribution in [3.8, 4) is 0 Å². The molecule has 0 spiro atoms. The molecule has 1 unspecified atom stereocenters. The highest BCUT2D eigenvalue weighted by Crippen LogP contribution is 2.17. The van der Waals surface area contributed by atoms with Crippen molar-refractivity contribution in [2.75, 3.05) is 6.54 Å². The van der Waals surface area contributed by atoms with E-state index in [0.717, 1.165) is 29.7 Å². The summed E-state index contributed by atoms with van der Waals surface area (Å²) in [5.41, 5.74) is 1.10. The Hall–Kier alpha value is -2.14. The van der Waals surface area contributed by atoms with Gasteiger partial charge in [0.2, 0.25) is 11.8 Å². The van der Waals surface area contributed by atoms with E-state index in [-0.39, 0.29) is 24.4 Å². The van der Waals surface area contributed by atoms with Gasteiger partial charge in [-0.15, -0.1) is 11.3 Å². The molecule has 31 heavy (non-hydrogen) atoms. The minimum atomic E-state index is 0.0110. The fraction of sp³-hybridized carbons (Fsp3) is 0.538. The van der Waals surface area contributed by atoms with Crippen LogP contribution in [0.25, 0.3) is 0 Å². The predicted octanol–water partition coefficient (Wildman–Crippen LogP) is 6.26. The van der Waals surface area contributed by atoms with Crippen molar-refractivity contribution < 1.29 is 9.59 Å². The van der Waals surface area contributed by atoms with E-state index in [4.69, 9.17) is 0 Å². The average Bonchev–Trinajstić information content (AvgIpc) is 3.30. The molecule has 0 radical (unpaired) electrons. The minimum Gasteiger partial charge on any atom is -0.332 e. The third-order valence-corrected chi connectivity index (χ3v) is 6.60. The van der Waals surface area contributed by atoms with Crippen molar-refractivity contribution in [1.82, 2.24) is 9.80 Å². The molecule has 0 fully saturated rings. The molecular formula is C26H38N2O2S. The molecule has 170 valence electrons. The quantitative estimate of drug-likeness (QED) is 0.324. The van der Waals surface area contributed by atoms with Crippen LogP contribution in [0, 0.1) is 0 Å². The smallest absolute Gasteiger partial charge is 0.242 e. The van der Waals surface area contributed by atoms with Crippen LogP contribution in [0.1, 0.15) is 76.2 Å². The molecule has 1 aromatic heterocycles. The number of amides is 2. The molecule has 0 aliphatic carbocycles. The van der Waals surface area contributed by atoms with Gasteiger partial charge in [0, 0.05) is 23.9 Å². The van der Waals surface area contributed by atoms with Crippen LogP contribution in [0.3, 0.4) is 0 Å². The van der Waals surface area contributed by atoms with E-state index in [9.17, 15) is 9.59 Å². The van der Waals surface area contributed by atoms with Crippen LogP contribution in [0.4, 0.5) is 0 Å². The van der Waals surface area contributed by atoms with Crippen molar-refractivity contribution in [3.05, 3.63) is 58.3 Å². The second kappa shape index (κ2) is 14.0. The lowest BCUT2D eigenvalue weighted by molar-refractivity contribution is -0.143. The Kier molecular flexibility index (Phi) is 11.4. The number of benzene rings is 1. The summed E-state index contributed by atoms with van der Waals surface area (Å²) in [6, 6.07) is 14.2. The first kappa shape index (κ1) is 25.1. The number of carbonyl (C=O) groups is 2. The summed E-state index contributed by atoms with van der Waals surface area (Å²) in [6.07, 6.45) is 6.96. The van der Waals surface area contributed by atoms with Gasteiger partial charge >= 0.3 is 0 Å². The number of hydrogen-bond acceptors (Lipinski definition) is 3. The molecule has 2 aromatic rings. The molecule has 4 nitrogen and oxygen atoms in total. The lowest BCUT2D eigenvalue weighted by atomic mass is 10.1. The summed E-state index contributed by atoms with van der Waals surface area (Å²) >= 11 is 1.66. The zero-order chi connectivity index (χ0) is 22.5. The second-order valence-electron chi connectivity index (χ2n) is 8.26. The zero-order valence-corrected chi connectivity index (χ0v) is 20.2. The van der Waals surface area contributed by atoms with Crippen molar-refractivity contribution in [3.63, 3.8) is 0 Å². The van der Waals surface area contributed by atoms with Crippen LogP contribution < -0.4 is 0 Å². The summed E-state index contributed by atoms with van der Waals surface area (Å²) < 4.78 is 0. The highest BCUT2D eigenvalue weighted by Gasteiger charge is 2.24. The third-order valence-electron chi connectivity index (χ3n) is 5.74. The molecule has 2 amide bonds. The predicted molar refractivity (Wildman–Crippen MR) is 130 cm³/mol. The fourth-order valence-electron chi connectivity index (χ4n) is 3.61. The first-order valence-corrected chi connectivity index (χ1v) is 12.6. The van der Waals surface area contributed by atoms with Gasteiger partial charge in [0.15, 0.2) is 0 Å². The second-order valence-corrected chi connectivity index (χ2v) is 9.29. The summed E-state index contributed by atoms with van der Waals surface area (Å²) in [7, 11) is 0. The Bertz CT molecular complexity index is 761. The van der Waals surface area contributed by atoms with Gasteiger partial charge in [0.05, 0.1) is 6.54 Å². The number of hydrogen-bond donors (Lipinski definition) is 0. The molecule has 0 saturated heterocycles. The standard InChI is InChI=1S/C26H38N2O2S/c1-4-6-7-8-12-17-25(29)28(22(3)5-2)21-26(30)27(20-24-16-13-18-31-24)19-23-14-10-9-11-15-23/h9-11,13-16,18,22H,4-8,12,17,19-21H2,1-3H3. The normalized spacial score (nSPS) is 11.8. The topological polar surface area (TPSA) is 40.6 Å². The van der Waals surface area contributed by atoms with E-state index < -0.39 is 0 Å². The Labute approximate surface area is 192 Å². The number of rotatable bonds is 14. The van der Waals surface area contributed by atoms with E-state index in [0.29, 0.717) is 19.5 Å². The summed E-state index contributed by atoms with van der Waals surface area (Å²) in [6.45, 7) is 7.59. The molecule has 0 saturated carbocycles. The Morgan fingerprint density at radius 2 is 1.65 bits per heavy atom. The lowest BCUT2D eigenvalue weighted by Gasteiger charge is -2.31. The molecular weight excluding hydrogens is 404 g/mol. The maximum atomic E-state index is 13.4. The van der Waals surface area contributed by atoms with Crippen molar-refractivity contribution in [2.24, 2.45) is 0 Å². The third kappa shape index (κ3) is 8.86. The first-order valence-electron chi connectivity index (χ1n) is 11.7. The summed E-state index contributed by atoms with van der Waals surface area (Å²) in [5, 5.41) is 2.04. The number of carbonyl (C=O) groups excluding carboxylic acids is 2. The molecule has 0 bridgehead atoms. The van der Waals surface area contributed by atoms with Gasteiger partial charge < -0.3 is 9.80 Å². The number of thiophene rings is 1. The molecule has 0 N–H and O–H groups in total. The minimum absolute atomic E-state index is 0.0110. The maximum absolute atomic E-state index is 13.4. The SMILES string of the molecule is CCCCCCCC(=O)N(CC(=O)N(Cc1ccccc1)Cc1cccs1)C(C)CC. The van der Waals surface area contributed by atoms with Gasteiger partial charge in [-0.05, 0) is 36.8 Å². The van der Waals surface area contributed by atoms with Crippen LogP contribution in [-0.4, -0.2) is 34.2 Å². The summed E-state index contributed by atoms with van der Waals surface area (Å²) in [4.78, 5) is 31.2. The molecule has 2 rings (SSSR count). The van der Waals surface area contributed by atoms with Gasteiger partial charge in [-0.1, -0.05) is 75.9 Å². The van der Waals surface area contributed by atoms with Gasteiger partial charge in [-0.3, -0.25) is 9.59 Å². The highest BCUT2D eigenvalue weighted by molar-refractivity contribution is 7.09. The monoisotopic (exact) mass is 442 g/mol. The van der Waals surface area contributed by atoms with Crippen LogP contribution in [-0.2, 0) is 22.7 Å². The van der Waals surface area contributed by atoms with Gasteiger partial charge in [-0.25, -0.2) is 0 Å². The van der Waals surface area contributed by atoms with Gasteiger partial charge in [-0.2, -0.15) is 0 Å². The molecule has 1 aromatic carbocycles. The van der Waals surface area contributed by atoms with Crippen LogP contribution >= 0.6 is 11.3 Å². The average molecular weight is 443 g/mol. The molecule has 1 atom stereocenters. The van der Waals surface area contributed by atoms with Gasteiger partial charge in [0.25, 0.3) is 0 Å². The summed E-state index contributed by atoms with van der Waals surface area (Å²) in [5.74, 6) is 0.117. The Morgan fingerprint density at radius 3 is 2.29 bits per heavy atom. The van der Waals surface area contributed by atoms with Crippen LogP contribution in [0.5, 0.6) is 0 Å². The number of nitrogens with zero attached hydrogens (tertiary/aromatic N) is 2. The molecule has 1 heterocycles. The first-order chi connectivity index (χ1) is 15.0. The maximum Gasteiger partial charge on any atom is 0.242 e. The molecule has 5 heteroatoms. The van der Waals surface area contributed by atoms with E-state index in [2.05, 4.69) is 19.9 Å². The van der Waals surface area contributed by atoms with E-state index in [1.165, 1.54) is 19.3 Å². The van der Waals surface area contributed by atoms with E-state index >= 15 is 0 Å².